The smallest absolute Gasteiger partial charge is 0.244 e. The van der Waals surface area contributed by atoms with E-state index in [0.29, 0.717) is 6.54 Å². The second-order valence-electron chi connectivity index (χ2n) is 4.28. The van der Waals surface area contributed by atoms with Crippen molar-refractivity contribution in [2.45, 2.75) is 6.54 Å². The lowest BCUT2D eigenvalue weighted by atomic mass is 10.2. The molecule has 2 aromatic rings. The van der Waals surface area contributed by atoms with Crippen molar-refractivity contribution in [3.63, 3.8) is 0 Å². The number of para-hydroxylation sites is 1. The Kier molecular flexibility index (Phi) is 4.95. The molecule has 0 saturated heterocycles. The van der Waals surface area contributed by atoms with Gasteiger partial charge >= 0.3 is 0 Å². The van der Waals surface area contributed by atoms with Crippen LogP contribution in [0.25, 0.3) is 6.08 Å². The summed E-state index contributed by atoms with van der Waals surface area (Å²) in [5, 5.41) is 2.84. The fourth-order valence-corrected chi connectivity index (χ4v) is 1.81. The number of rotatable bonds is 5. The highest BCUT2D eigenvalue weighted by Gasteiger charge is 1.99. The van der Waals surface area contributed by atoms with Crippen molar-refractivity contribution in [3.8, 4) is 5.75 Å². The van der Waals surface area contributed by atoms with Gasteiger partial charge in [0, 0.05) is 18.2 Å². The van der Waals surface area contributed by atoms with Crippen molar-refractivity contribution in [2.24, 2.45) is 0 Å². The normalized spacial score (nSPS) is 10.4. The molecule has 1 amide bonds. The number of carbonyl (C=O) groups is 1. The number of ether oxygens (including phenoxy) is 1. The molecule has 0 spiro atoms. The van der Waals surface area contributed by atoms with E-state index in [0.717, 1.165) is 16.9 Å². The molecule has 3 nitrogen and oxygen atoms in total. The lowest BCUT2D eigenvalue weighted by Crippen LogP contribution is -2.20. The highest BCUT2D eigenvalue weighted by Crippen LogP contribution is 2.18. The summed E-state index contributed by atoms with van der Waals surface area (Å²) < 4.78 is 5.22. The molecule has 2 rings (SSSR count). The summed E-state index contributed by atoms with van der Waals surface area (Å²) in [5.74, 6) is 0.624. The monoisotopic (exact) mass is 267 g/mol. The Morgan fingerprint density at radius 2 is 1.80 bits per heavy atom. The fourth-order valence-electron chi connectivity index (χ4n) is 1.81. The average molecular weight is 267 g/mol. The van der Waals surface area contributed by atoms with Crippen LogP contribution < -0.4 is 10.1 Å². The summed E-state index contributed by atoms with van der Waals surface area (Å²) in [5.41, 5.74) is 1.96. The van der Waals surface area contributed by atoms with E-state index in [1.807, 2.05) is 54.6 Å². The molecule has 20 heavy (non-hydrogen) atoms. The molecular formula is C17H17NO2. The van der Waals surface area contributed by atoms with Gasteiger partial charge in [-0.15, -0.1) is 0 Å². The second-order valence-corrected chi connectivity index (χ2v) is 4.28. The van der Waals surface area contributed by atoms with Gasteiger partial charge in [-0.3, -0.25) is 4.79 Å². The lowest BCUT2D eigenvalue weighted by molar-refractivity contribution is -0.116. The molecule has 0 aromatic heterocycles. The number of hydrogen-bond acceptors (Lipinski definition) is 2. The van der Waals surface area contributed by atoms with Crippen molar-refractivity contribution in [2.75, 3.05) is 7.11 Å². The average Bonchev–Trinajstić information content (AvgIpc) is 2.52. The summed E-state index contributed by atoms with van der Waals surface area (Å²) in [7, 11) is 1.61. The summed E-state index contributed by atoms with van der Waals surface area (Å²) in [4.78, 5) is 11.8. The zero-order valence-electron chi connectivity index (χ0n) is 11.4. The Bertz CT molecular complexity index is 591. The van der Waals surface area contributed by atoms with Crippen molar-refractivity contribution < 1.29 is 9.53 Å². The summed E-state index contributed by atoms with van der Waals surface area (Å²) in [6, 6.07) is 17.4. The maximum Gasteiger partial charge on any atom is 0.244 e. The number of methoxy groups -OCH3 is 1. The minimum Gasteiger partial charge on any atom is -0.496 e. The molecule has 0 atom stereocenters. The van der Waals surface area contributed by atoms with Gasteiger partial charge in [0.2, 0.25) is 5.91 Å². The largest absolute Gasteiger partial charge is 0.496 e. The van der Waals surface area contributed by atoms with Gasteiger partial charge < -0.3 is 10.1 Å². The van der Waals surface area contributed by atoms with E-state index in [2.05, 4.69) is 5.32 Å². The van der Waals surface area contributed by atoms with Gasteiger partial charge in [-0.2, -0.15) is 0 Å². The van der Waals surface area contributed by atoms with Gasteiger partial charge in [-0.1, -0.05) is 48.5 Å². The highest BCUT2D eigenvalue weighted by molar-refractivity contribution is 5.92. The molecule has 0 aliphatic heterocycles. The zero-order valence-corrected chi connectivity index (χ0v) is 11.4. The molecule has 0 fully saturated rings. The molecule has 0 bridgehead atoms. The molecule has 0 saturated carbocycles. The van der Waals surface area contributed by atoms with E-state index in [9.17, 15) is 4.79 Å². The van der Waals surface area contributed by atoms with Crippen LogP contribution >= 0.6 is 0 Å². The first-order valence-electron chi connectivity index (χ1n) is 6.42. The number of amides is 1. The summed E-state index contributed by atoms with van der Waals surface area (Å²) >= 11 is 0. The van der Waals surface area contributed by atoms with Crippen LogP contribution in [0.4, 0.5) is 0 Å². The van der Waals surface area contributed by atoms with Crippen LogP contribution in [0.15, 0.2) is 60.7 Å². The van der Waals surface area contributed by atoms with Gasteiger partial charge in [0.05, 0.1) is 7.11 Å². The zero-order chi connectivity index (χ0) is 14.2. The van der Waals surface area contributed by atoms with Crippen molar-refractivity contribution in [3.05, 3.63) is 71.8 Å². The number of nitrogens with one attached hydrogen (secondary N) is 1. The third-order valence-corrected chi connectivity index (χ3v) is 2.86. The molecule has 102 valence electrons. The van der Waals surface area contributed by atoms with Crippen LogP contribution in [0.5, 0.6) is 5.75 Å². The van der Waals surface area contributed by atoms with E-state index < -0.39 is 0 Å². The molecule has 0 unspecified atom stereocenters. The van der Waals surface area contributed by atoms with E-state index in [1.54, 1.807) is 13.2 Å². The highest BCUT2D eigenvalue weighted by atomic mass is 16.5. The van der Waals surface area contributed by atoms with Crippen molar-refractivity contribution in [1.82, 2.24) is 5.32 Å². The second kappa shape index (κ2) is 7.14. The third-order valence-electron chi connectivity index (χ3n) is 2.86. The first-order chi connectivity index (χ1) is 9.79. The maximum absolute atomic E-state index is 11.8. The Morgan fingerprint density at radius 1 is 1.10 bits per heavy atom. The van der Waals surface area contributed by atoms with Gasteiger partial charge in [-0.25, -0.2) is 0 Å². The first-order valence-corrected chi connectivity index (χ1v) is 6.42. The minimum absolute atomic E-state index is 0.125. The molecule has 1 N–H and O–H groups in total. The van der Waals surface area contributed by atoms with Crippen LogP contribution in [0.3, 0.4) is 0 Å². The number of hydrogen-bond donors (Lipinski definition) is 1. The predicted octanol–water partition coefficient (Wildman–Crippen LogP) is 3.02. The van der Waals surface area contributed by atoms with Crippen LogP contribution in [-0.2, 0) is 11.3 Å². The maximum atomic E-state index is 11.8. The van der Waals surface area contributed by atoms with E-state index in [1.165, 1.54) is 6.08 Å². The number of benzene rings is 2. The van der Waals surface area contributed by atoms with Crippen LogP contribution in [0.2, 0.25) is 0 Å². The van der Waals surface area contributed by atoms with E-state index in [4.69, 9.17) is 4.74 Å². The SMILES string of the molecule is COc1ccccc1C=CC(=O)NCc1ccccc1. The number of carbonyl (C=O) groups excluding carboxylic acids is 1. The summed E-state index contributed by atoms with van der Waals surface area (Å²) in [6.45, 7) is 0.524. The molecular weight excluding hydrogens is 250 g/mol. The molecule has 3 heteroatoms. The summed E-state index contributed by atoms with van der Waals surface area (Å²) in [6.07, 6.45) is 3.26. The fraction of sp³-hybridized carbons (Fsp3) is 0.118. The quantitative estimate of drug-likeness (QED) is 0.846. The van der Waals surface area contributed by atoms with Crippen molar-refractivity contribution in [1.29, 1.82) is 0 Å². The van der Waals surface area contributed by atoms with Gasteiger partial charge in [0.25, 0.3) is 0 Å². The Labute approximate surface area is 118 Å². The third kappa shape index (κ3) is 3.99. The van der Waals surface area contributed by atoms with Gasteiger partial charge in [0.1, 0.15) is 5.75 Å². The van der Waals surface area contributed by atoms with E-state index >= 15 is 0 Å². The van der Waals surface area contributed by atoms with Crippen LogP contribution in [-0.4, -0.2) is 13.0 Å². The predicted molar refractivity (Wildman–Crippen MR) is 80.3 cm³/mol. The Morgan fingerprint density at radius 3 is 2.55 bits per heavy atom. The molecule has 0 heterocycles. The van der Waals surface area contributed by atoms with Gasteiger partial charge in [0.15, 0.2) is 0 Å². The molecule has 0 aliphatic carbocycles. The van der Waals surface area contributed by atoms with E-state index in [-0.39, 0.29) is 5.91 Å². The Balaban J connectivity index is 1.92. The standard InChI is InChI=1S/C17H17NO2/c1-20-16-10-6-5-9-15(16)11-12-17(19)18-13-14-7-3-2-4-8-14/h2-12H,13H2,1H3,(H,18,19). The topological polar surface area (TPSA) is 38.3 Å². The first kappa shape index (κ1) is 13.9. The van der Waals surface area contributed by atoms with Crippen LogP contribution in [0, 0.1) is 0 Å². The van der Waals surface area contributed by atoms with Crippen molar-refractivity contribution >= 4 is 12.0 Å². The molecule has 2 aromatic carbocycles. The lowest BCUT2D eigenvalue weighted by Gasteiger charge is -2.04. The Hall–Kier alpha value is -2.55. The molecule has 0 radical (unpaired) electrons. The minimum atomic E-state index is -0.125. The van der Waals surface area contributed by atoms with Crippen LogP contribution in [0.1, 0.15) is 11.1 Å². The van der Waals surface area contributed by atoms with Gasteiger partial charge in [-0.05, 0) is 17.7 Å². The molecule has 0 aliphatic rings.